The van der Waals surface area contributed by atoms with Gasteiger partial charge in [0.1, 0.15) is 5.60 Å². The Morgan fingerprint density at radius 1 is 1.50 bits per heavy atom. The molecular weight excluding hydrogens is 258 g/mol. The second-order valence-electron chi connectivity index (χ2n) is 5.76. The highest BCUT2D eigenvalue weighted by atomic mass is 16.5. The first kappa shape index (κ1) is 13.1. The molecule has 0 bridgehead atoms. The minimum absolute atomic E-state index is 0.120. The van der Waals surface area contributed by atoms with Crippen molar-refractivity contribution in [1.82, 2.24) is 15.0 Å². The molecule has 106 valence electrons. The van der Waals surface area contributed by atoms with Crippen molar-refractivity contribution >= 4 is 17.0 Å². The smallest absolute Gasteiger partial charge is 0.257 e. The number of β-amino-alcohol motifs (C(OH)–C–C–N with tert-alkyl or cyclic N) is 1. The molecule has 1 aliphatic rings. The fourth-order valence-electron chi connectivity index (χ4n) is 2.37. The molecule has 1 amide bonds. The SMILES string of the molecule is Cc1noc2ncc(C(=O)N3CC(O)(C(C)C)C3)cc12. The summed E-state index contributed by atoms with van der Waals surface area (Å²) in [5, 5.41) is 14.8. The van der Waals surface area contributed by atoms with Crippen molar-refractivity contribution in [3.63, 3.8) is 0 Å². The number of amides is 1. The van der Waals surface area contributed by atoms with Crippen molar-refractivity contribution in [1.29, 1.82) is 0 Å². The lowest BCUT2D eigenvalue weighted by molar-refractivity contribution is -0.110. The van der Waals surface area contributed by atoms with Gasteiger partial charge in [-0.15, -0.1) is 0 Å². The lowest BCUT2D eigenvalue weighted by atomic mass is 9.82. The van der Waals surface area contributed by atoms with Crippen LogP contribution in [0.15, 0.2) is 16.8 Å². The second-order valence-corrected chi connectivity index (χ2v) is 5.76. The standard InChI is InChI=1S/C14H17N3O3/c1-8(2)14(19)6-17(7-14)13(18)10-4-11-9(3)16-20-12(11)15-5-10/h4-5,8,19H,6-7H2,1-3H3. The summed E-state index contributed by atoms with van der Waals surface area (Å²) in [6, 6.07) is 1.74. The van der Waals surface area contributed by atoms with Crippen LogP contribution in [0.5, 0.6) is 0 Å². The molecule has 0 spiro atoms. The van der Waals surface area contributed by atoms with Gasteiger partial charge in [-0.1, -0.05) is 19.0 Å². The number of rotatable bonds is 2. The summed E-state index contributed by atoms with van der Waals surface area (Å²) in [6.45, 7) is 6.45. The summed E-state index contributed by atoms with van der Waals surface area (Å²) in [7, 11) is 0. The number of likely N-dealkylation sites (tertiary alicyclic amines) is 1. The molecule has 3 heterocycles. The molecule has 6 nitrogen and oxygen atoms in total. The highest BCUT2D eigenvalue weighted by Crippen LogP contribution is 2.30. The summed E-state index contributed by atoms with van der Waals surface area (Å²) in [5.74, 6) is 0.0119. The van der Waals surface area contributed by atoms with E-state index in [9.17, 15) is 9.90 Å². The zero-order valence-corrected chi connectivity index (χ0v) is 11.8. The van der Waals surface area contributed by atoms with Gasteiger partial charge in [0.25, 0.3) is 11.6 Å². The van der Waals surface area contributed by atoms with E-state index in [1.807, 2.05) is 20.8 Å². The first-order chi connectivity index (χ1) is 9.40. The zero-order chi connectivity index (χ0) is 14.5. The van der Waals surface area contributed by atoms with E-state index in [0.717, 1.165) is 5.39 Å². The Hall–Kier alpha value is -1.95. The topological polar surface area (TPSA) is 79.5 Å². The summed E-state index contributed by atoms with van der Waals surface area (Å²) >= 11 is 0. The third-order valence-corrected chi connectivity index (χ3v) is 4.05. The van der Waals surface area contributed by atoms with Crippen LogP contribution in [-0.4, -0.2) is 44.7 Å². The Balaban J connectivity index is 1.82. The lowest BCUT2D eigenvalue weighted by Crippen LogP contribution is -2.65. The molecule has 2 aromatic heterocycles. The molecule has 1 fully saturated rings. The quantitative estimate of drug-likeness (QED) is 0.895. The molecule has 0 aliphatic carbocycles. The van der Waals surface area contributed by atoms with Crippen molar-refractivity contribution in [2.75, 3.05) is 13.1 Å². The largest absolute Gasteiger partial charge is 0.386 e. The van der Waals surface area contributed by atoms with Crippen molar-refractivity contribution < 1.29 is 14.4 Å². The number of fused-ring (bicyclic) bond motifs is 1. The predicted octanol–water partition coefficient (Wildman–Crippen LogP) is 1.37. The average Bonchev–Trinajstić information content (AvgIpc) is 2.75. The molecule has 20 heavy (non-hydrogen) atoms. The Labute approximate surface area is 116 Å². The number of aliphatic hydroxyl groups is 1. The summed E-state index contributed by atoms with van der Waals surface area (Å²) < 4.78 is 5.02. The van der Waals surface area contributed by atoms with Gasteiger partial charge in [-0.05, 0) is 18.9 Å². The molecule has 0 saturated carbocycles. The molecule has 0 unspecified atom stereocenters. The van der Waals surface area contributed by atoms with Gasteiger partial charge in [0, 0.05) is 6.20 Å². The van der Waals surface area contributed by atoms with E-state index in [2.05, 4.69) is 10.1 Å². The van der Waals surface area contributed by atoms with Gasteiger partial charge < -0.3 is 14.5 Å². The van der Waals surface area contributed by atoms with Gasteiger partial charge in [-0.2, -0.15) is 0 Å². The monoisotopic (exact) mass is 275 g/mol. The maximum absolute atomic E-state index is 12.3. The van der Waals surface area contributed by atoms with Crippen LogP contribution >= 0.6 is 0 Å². The van der Waals surface area contributed by atoms with Crippen LogP contribution in [0, 0.1) is 12.8 Å². The summed E-state index contributed by atoms with van der Waals surface area (Å²) in [6.07, 6.45) is 1.49. The molecular formula is C14H17N3O3. The van der Waals surface area contributed by atoms with E-state index in [1.165, 1.54) is 6.20 Å². The van der Waals surface area contributed by atoms with Crippen molar-refractivity contribution in [3.8, 4) is 0 Å². The predicted molar refractivity (Wildman–Crippen MR) is 72.2 cm³/mol. The van der Waals surface area contributed by atoms with E-state index < -0.39 is 5.60 Å². The Bertz CT molecular complexity index is 671. The van der Waals surface area contributed by atoms with Crippen LogP contribution in [0.2, 0.25) is 0 Å². The number of nitrogens with zero attached hydrogens (tertiary/aromatic N) is 3. The van der Waals surface area contributed by atoms with Crippen LogP contribution in [0.3, 0.4) is 0 Å². The normalized spacial score (nSPS) is 17.6. The van der Waals surface area contributed by atoms with E-state index >= 15 is 0 Å². The highest BCUT2D eigenvalue weighted by Gasteiger charge is 2.46. The molecule has 1 saturated heterocycles. The van der Waals surface area contributed by atoms with Crippen molar-refractivity contribution in [2.24, 2.45) is 5.92 Å². The van der Waals surface area contributed by atoms with Crippen LogP contribution in [0.1, 0.15) is 29.9 Å². The van der Waals surface area contributed by atoms with E-state index in [4.69, 9.17) is 4.52 Å². The van der Waals surface area contributed by atoms with Crippen LogP contribution in [-0.2, 0) is 0 Å². The zero-order valence-electron chi connectivity index (χ0n) is 11.8. The minimum atomic E-state index is -0.764. The second kappa shape index (κ2) is 4.28. The molecule has 0 aromatic carbocycles. The first-order valence-corrected chi connectivity index (χ1v) is 6.64. The molecule has 0 radical (unpaired) electrons. The van der Waals surface area contributed by atoms with Gasteiger partial charge in [0.15, 0.2) is 0 Å². The number of hydrogen-bond donors (Lipinski definition) is 1. The van der Waals surface area contributed by atoms with Gasteiger partial charge >= 0.3 is 0 Å². The number of carbonyl (C=O) groups is 1. The van der Waals surface area contributed by atoms with Gasteiger partial charge in [-0.3, -0.25) is 4.79 Å². The highest BCUT2D eigenvalue weighted by molar-refractivity contribution is 5.97. The van der Waals surface area contributed by atoms with Crippen molar-refractivity contribution in [2.45, 2.75) is 26.4 Å². The van der Waals surface area contributed by atoms with Gasteiger partial charge in [0.2, 0.25) is 0 Å². The number of pyridine rings is 1. The minimum Gasteiger partial charge on any atom is -0.386 e. The Kier molecular flexibility index (Phi) is 2.79. The molecule has 3 rings (SSSR count). The fourth-order valence-corrected chi connectivity index (χ4v) is 2.37. The van der Waals surface area contributed by atoms with Crippen LogP contribution < -0.4 is 0 Å². The first-order valence-electron chi connectivity index (χ1n) is 6.64. The van der Waals surface area contributed by atoms with E-state index in [1.54, 1.807) is 11.0 Å². The number of aromatic nitrogens is 2. The molecule has 6 heteroatoms. The molecule has 1 aliphatic heterocycles. The van der Waals surface area contributed by atoms with Gasteiger partial charge in [0.05, 0.1) is 29.7 Å². The number of hydrogen-bond acceptors (Lipinski definition) is 5. The molecule has 2 aromatic rings. The molecule has 0 atom stereocenters. The van der Waals surface area contributed by atoms with E-state index in [-0.39, 0.29) is 11.8 Å². The van der Waals surface area contributed by atoms with Crippen LogP contribution in [0.4, 0.5) is 0 Å². The number of carbonyl (C=O) groups excluding carboxylic acids is 1. The van der Waals surface area contributed by atoms with Crippen molar-refractivity contribution in [3.05, 3.63) is 23.5 Å². The Morgan fingerprint density at radius 3 is 2.85 bits per heavy atom. The summed E-state index contributed by atoms with van der Waals surface area (Å²) in [5.41, 5.74) is 0.876. The maximum atomic E-state index is 12.3. The van der Waals surface area contributed by atoms with Gasteiger partial charge in [-0.25, -0.2) is 4.98 Å². The van der Waals surface area contributed by atoms with E-state index in [0.29, 0.717) is 30.1 Å². The fraction of sp³-hybridized carbons (Fsp3) is 0.500. The number of aryl methyl sites for hydroxylation is 1. The summed E-state index contributed by atoms with van der Waals surface area (Å²) in [4.78, 5) is 18.1. The molecule has 1 N–H and O–H groups in total. The third kappa shape index (κ3) is 1.87. The third-order valence-electron chi connectivity index (χ3n) is 4.05. The maximum Gasteiger partial charge on any atom is 0.257 e. The van der Waals surface area contributed by atoms with Crippen LogP contribution in [0.25, 0.3) is 11.1 Å². The average molecular weight is 275 g/mol. The Morgan fingerprint density at radius 2 is 2.20 bits per heavy atom. The lowest BCUT2D eigenvalue weighted by Gasteiger charge is -2.49.